The highest BCUT2D eigenvalue weighted by Crippen LogP contribution is 2.01. The molecule has 2 amide bonds. The summed E-state index contributed by atoms with van der Waals surface area (Å²) in [5.41, 5.74) is 0.163. The number of nitrogens with one attached hydrogen (secondary N) is 3. The second kappa shape index (κ2) is 8.81. The number of amides is 2. The molecule has 0 atom stereocenters. The van der Waals surface area contributed by atoms with E-state index in [-0.39, 0.29) is 18.1 Å². The highest BCUT2D eigenvalue weighted by atomic mass is 16.5. The topological polar surface area (TPSA) is 105 Å². The van der Waals surface area contributed by atoms with E-state index in [0.29, 0.717) is 19.0 Å². The van der Waals surface area contributed by atoms with Crippen LogP contribution in [-0.2, 0) is 9.53 Å². The molecule has 0 spiro atoms. The highest BCUT2D eigenvalue weighted by molar-refractivity contribution is 5.94. The average Bonchev–Trinajstić information content (AvgIpc) is 2.46. The van der Waals surface area contributed by atoms with Crippen LogP contribution in [0.5, 0.6) is 0 Å². The third-order valence-corrected chi connectivity index (χ3v) is 2.29. The number of nitrogens with zero attached hydrogens (tertiary/aromatic N) is 2. The lowest BCUT2D eigenvalue weighted by atomic mass is 10.3. The summed E-state index contributed by atoms with van der Waals surface area (Å²) in [6.07, 6.45) is 0. The van der Waals surface area contributed by atoms with E-state index < -0.39 is 5.91 Å². The Hall–Kier alpha value is -2.22. The highest BCUT2D eigenvalue weighted by Gasteiger charge is 2.09. The van der Waals surface area contributed by atoms with Crippen molar-refractivity contribution < 1.29 is 14.3 Å². The van der Waals surface area contributed by atoms with Gasteiger partial charge in [0, 0.05) is 20.2 Å². The fraction of sp³-hybridized carbons (Fsp3) is 0.500. The smallest absolute Gasteiger partial charge is 0.272 e. The molecule has 3 N–H and O–H groups in total. The van der Waals surface area contributed by atoms with Crippen molar-refractivity contribution in [1.29, 1.82) is 0 Å². The zero-order valence-electron chi connectivity index (χ0n) is 11.6. The van der Waals surface area contributed by atoms with Gasteiger partial charge in [0.1, 0.15) is 5.82 Å². The summed E-state index contributed by atoms with van der Waals surface area (Å²) in [5.74, 6) is -0.128. The molecule has 1 rings (SSSR count). The molecule has 1 aromatic heterocycles. The predicted molar refractivity (Wildman–Crippen MR) is 73.4 cm³/mol. The fourth-order valence-electron chi connectivity index (χ4n) is 1.33. The van der Waals surface area contributed by atoms with Crippen molar-refractivity contribution in [2.75, 3.05) is 38.7 Å². The van der Waals surface area contributed by atoms with Crippen LogP contribution in [0.2, 0.25) is 0 Å². The Morgan fingerprint density at radius 2 is 2.05 bits per heavy atom. The summed E-state index contributed by atoms with van der Waals surface area (Å²) in [6.45, 7) is 3.38. The molecule has 0 radical (unpaired) electrons. The maximum Gasteiger partial charge on any atom is 0.272 e. The first-order valence-electron chi connectivity index (χ1n) is 6.28. The molecule has 0 saturated carbocycles. The van der Waals surface area contributed by atoms with Crippen LogP contribution in [0.3, 0.4) is 0 Å². The van der Waals surface area contributed by atoms with Gasteiger partial charge < -0.3 is 20.7 Å². The van der Waals surface area contributed by atoms with Crippen LogP contribution >= 0.6 is 0 Å². The average molecular weight is 281 g/mol. The Bertz CT molecular complexity index is 435. The second-order valence-corrected chi connectivity index (χ2v) is 3.86. The van der Waals surface area contributed by atoms with Crippen molar-refractivity contribution in [3.05, 3.63) is 17.8 Å². The van der Waals surface area contributed by atoms with Gasteiger partial charge >= 0.3 is 0 Å². The molecule has 1 heterocycles. The monoisotopic (exact) mass is 281 g/mol. The van der Waals surface area contributed by atoms with Crippen molar-refractivity contribution in [2.45, 2.75) is 6.92 Å². The Labute approximate surface area is 117 Å². The summed E-state index contributed by atoms with van der Waals surface area (Å²) in [4.78, 5) is 23.1. The van der Waals surface area contributed by atoms with Gasteiger partial charge in [-0.3, -0.25) is 9.59 Å². The minimum absolute atomic E-state index is 0.112. The lowest BCUT2D eigenvalue weighted by Crippen LogP contribution is -2.38. The summed E-state index contributed by atoms with van der Waals surface area (Å²) in [7, 11) is 1.55. The number of ether oxygens (including phenoxy) is 1. The van der Waals surface area contributed by atoms with Crippen molar-refractivity contribution >= 4 is 17.6 Å². The molecule has 0 aromatic carbocycles. The van der Waals surface area contributed by atoms with Crippen LogP contribution in [-0.4, -0.2) is 55.4 Å². The van der Waals surface area contributed by atoms with Crippen LogP contribution in [0.4, 0.5) is 5.82 Å². The van der Waals surface area contributed by atoms with Gasteiger partial charge in [-0.2, -0.15) is 0 Å². The third kappa shape index (κ3) is 5.61. The van der Waals surface area contributed by atoms with Crippen molar-refractivity contribution in [3.63, 3.8) is 0 Å². The van der Waals surface area contributed by atoms with E-state index in [9.17, 15) is 9.59 Å². The van der Waals surface area contributed by atoms with E-state index >= 15 is 0 Å². The van der Waals surface area contributed by atoms with Gasteiger partial charge in [0.2, 0.25) is 5.91 Å². The van der Waals surface area contributed by atoms with Crippen LogP contribution < -0.4 is 16.0 Å². The molecular weight excluding hydrogens is 262 g/mol. The molecule has 0 aliphatic rings. The summed E-state index contributed by atoms with van der Waals surface area (Å²) in [6, 6.07) is 3.20. The lowest BCUT2D eigenvalue weighted by Gasteiger charge is -2.06. The standard InChI is InChI=1S/C12H19N5O3/c1-3-13-10-5-4-9(16-17-10)12(19)15-8-11(18)14-6-7-20-2/h4-5H,3,6-8H2,1-2H3,(H,13,17)(H,14,18)(H,15,19). The first-order valence-corrected chi connectivity index (χ1v) is 6.28. The van der Waals surface area contributed by atoms with Crippen LogP contribution in [0.15, 0.2) is 12.1 Å². The Morgan fingerprint density at radius 1 is 1.25 bits per heavy atom. The summed E-state index contributed by atoms with van der Waals surface area (Å²) < 4.78 is 4.79. The van der Waals surface area contributed by atoms with Gasteiger partial charge in [0.25, 0.3) is 5.91 Å². The van der Waals surface area contributed by atoms with E-state index in [1.54, 1.807) is 19.2 Å². The van der Waals surface area contributed by atoms with Gasteiger partial charge in [-0.15, -0.1) is 10.2 Å². The molecule has 0 fully saturated rings. The van der Waals surface area contributed by atoms with E-state index in [1.165, 1.54) is 0 Å². The van der Waals surface area contributed by atoms with E-state index in [1.807, 2.05) is 6.92 Å². The maximum atomic E-state index is 11.7. The van der Waals surface area contributed by atoms with Crippen molar-refractivity contribution in [1.82, 2.24) is 20.8 Å². The molecule has 0 unspecified atom stereocenters. The molecule has 1 aromatic rings. The van der Waals surface area contributed by atoms with Crippen LogP contribution in [0.25, 0.3) is 0 Å². The molecule has 110 valence electrons. The van der Waals surface area contributed by atoms with Gasteiger partial charge in [0.15, 0.2) is 5.69 Å². The predicted octanol–water partition coefficient (Wildman–Crippen LogP) is -0.599. The number of anilines is 1. The Morgan fingerprint density at radius 3 is 2.65 bits per heavy atom. The molecule has 20 heavy (non-hydrogen) atoms. The molecule has 8 nitrogen and oxygen atoms in total. The Kier molecular flexibility index (Phi) is 6.97. The lowest BCUT2D eigenvalue weighted by molar-refractivity contribution is -0.120. The van der Waals surface area contributed by atoms with Gasteiger partial charge in [-0.25, -0.2) is 0 Å². The maximum absolute atomic E-state index is 11.7. The first-order chi connectivity index (χ1) is 9.67. The summed E-state index contributed by atoms with van der Waals surface area (Å²) >= 11 is 0. The SMILES string of the molecule is CCNc1ccc(C(=O)NCC(=O)NCCOC)nn1. The second-order valence-electron chi connectivity index (χ2n) is 3.86. The normalized spacial score (nSPS) is 9.90. The number of hydrogen-bond donors (Lipinski definition) is 3. The molecule has 0 saturated heterocycles. The van der Waals surface area contributed by atoms with Gasteiger partial charge in [-0.05, 0) is 19.1 Å². The minimum Gasteiger partial charge on any atom is -0.383 e. The number of aromatic nitrogens is 2. The first kappa shape index (κ1) is 15.8. The third-order valence-electron chi connectivity index (χ3n) is 2.29. The van der Waals surface area contributed by atoms with Crippen molar-refractivity contribution in [3.8, 4) is 0 Å². The van der Waals surface area contributed by atoms with Crippen LogP contribution in [0.1, 0.15) is 17.4 Å². The van der Waals surface area contributed by atoms with Gasteiger partial charge in [-0.1, -0.05) is 0 Å². The number of methoxy groups -OCH3 is 1. The summed E-state index contributed by atoms with van der Waals surface area (Å²) in [5, 5.41) is 15.6. The zero-order valence-corrected chi connectivity index (χ0v) is 11.6. The molecule has 0 bridgehead atoms. The number of carbonyl (C=O) groups excluding carboxylic acids is 2. The Balaban J connectivity index is 2.36. The fourth-order valence-corrected chi connectivity index (χ4v) is 1.33. The van der Waals surface area contributed by atoms with E-state index in [2.05, 4.69) is 26.1 Å². The molecule has 0 aliphatic heterocycles. The van der Waals surface area contributed by atoms with Gasteiger partial charge in [0.05, 0.1) is 13.2 Å². The largest absolute Gasteiger partial charge is 0.383 e. The van der Waals surface area contributed by atoms with Crippen LogP contribution in [0, 0.1) is 0 Å². The number of rotatable bonds is 8. The molecular formula is C12H19N5O3. The molecule has 8 heteroatoms. The molecule has 0 aliphatic carbocycles. The van der Waals surface area contributed by atoms with E-state index in [4.69, 9.17) is 4.74 Å². The number of carbonyl (C=O) groups is 2. The quantitative estimate of drug-likeness (QED) is 0.550. The van der Waals surface area contributed by atoms with Crippen molar-refractivity contribution in [2.24, 2.45) is 0 Å². The number of hydrogen-bond acceptors (Lipinski definition) is 6. The zero-order chi connectivity index (χ0) is 14.8. The van der Waals surface area contributed by atoms with E-state index in [0.717, 1.165) is 6.54 Å². The minimum atomic E-state index is -0.442.